The van der Waals surface area contributed by atoms with E-state index < -0.39 is 5.97 Å². The molecule has 1 aromatic carbocycles. The van der Waals surface area contributed by atoms with Crippen LogP contribution in [0.25, 0.3) is 0 Å². The average Bonchev–Trinajstić information content (AvgIpc) is 2.47. The highest BCUT2D eigenvalue weighted by atomic mass is 35.5. The third-order valence-corrected chi connectivity index (χ3v) is 4.03. The van der Waals surface area contributed by atoms with Gasteiger partial charge in [-0.3, -0.25) is 4.79 Å². The van der Waals surface area contributed by atoms with E-state index in [1.807, 2.05) is 12.1 Å². The molecular formula is C15H19ClN2O3. The number of carbonyl (C=O) groups excluding carboxylic acids is 1. The van der Waals surface area contributed by atoms with Crippen LogP contribution in [-0.2, 0) is 11.3 Å². The van der Waals surface area contributed by atoms with Gasteiger partial charge in [-0.15, -0.1) is 0 Å². The third kappa shape index (κ3) is 4.93. The van der Waals surface area contributed by atoms with Gasteiger partial charge in [-0.25, -0.2) is 4.79 Å². The van der Waals surface area contributed by atoms with E-state index in [1.165, 1.54) is 0 Å². The molecule has 0 unspecified atom stereocenters. The number of hydrogen-bond acceptors (Lipinski definition) is 2. The molecule has 5 nitrogen and oxygen atoms in total. The molecule has 1 aliphatic carbocycles. The summed E-state index contributed by atoms with van der Waals surface area (Å²) in [5.41, 5.74) is 0.976. The van der Waals surface area contributed by atoms with Crippen molar-refractivity contribution >= 4 is 23.6 Å². The topological polar surface area (TPSA) is 78.4 Å². The molecule has 1 saturated carbocycles. The highest BCUT2D eigenvalue weighted by Crippen LogP contribution is 2.24. The molecule has 0 heterocycles. The van der Waals surface area contributed by atoms with Crippen LogP contribution in [0.1, 0.15) is 31.2 Å². The Morgan fingerprint density at radius 1 is 1.14 bits per heavy atom. The van der Waals surface area contributed by atoms with Crippen molar-refractivity contribution in [1.29, 1.82) is 0 Å². The second kappa shape index (κ2) is 7.31. The number of rotatable bonds is 4. The number of amides is 2. The van der Waals surface area contributed by atoms with Crippen molar-refractivity contribution in [2.24, 2.45) is 5.92 Å². The van der Waals surface area contributed by atoms with Crippen LogP contribution in [0.3, 0.4) is 0 Å². The number of carboxylic acid groups (broad SMARTS) is 1. The standard InChI is InChI=1S/C15H19ClN2O3/c16-12-5-1-10(2-6-12)9-17-15(21)18-13-7-3-11(4-8-13)14(19)20/h1-2,5-6,11,13H,3-4,7-9H2,(H,19,20)(H2,17,18,21)/t11-,13-. The molecule has 0 aromatic heterocycles. The molecule has 0 spiro atoms. The third-order valence-electron chi connectivity index (χ3n) is 3.78. The zero-order valence-electron chi connectivity index (χ0n) is 11.6. The van der Waals surface area contributed by atoms with Crippen molar-refractivity contribution in [3.63, 3.8) is 0 Å². The molecule has 0 saturated heterocycles. The van der Waals surface area contributed by atoms with Gasteiger partial charge in [0.1, 0.15) is 0 Å². The first-order chi connectivity index (χ1) is 10.0. The quantitative estimate of drug-likeness (QED) is 0.800. The first kappa shape index (κ1) is 15.6. The van der Waals surface area contributed by atoms with Gasteiger partial charge in [-0.2, -0.15) is 0 Å². The maximum absolute atomic E-state index is 11.8. The van der Waals surface area contributed by atoms with E-state index in [2.05, 4.69) is 10.6 Å². The van der Waals surface area contributed by atoms with Crippen LogP contribution in [0.5, 0.6) is 0 Å². The lowest BCUT2D eigenvalue weighted by Crippen LogP contribution is -2.43. The van der Waals surface area contributed by atoms with E-state index in [4.69, 9.17) is 16.7 Å². The zero-order chi connectivity index (χ0) is 15.2. The number of benzene rings is 1. The molecular weight excluding hydrogens is 292 g/mol. The summed E-state index contributed by atoms with van der Waals surface area (Å²) in [6.45, 7) is 0.438. The van der Waals surface area contributed by atoms with Gasteiger partial charge < -0.3 is 15.7 Å². The van der Waals surface area contributed by atoms with Crippen LogP contribution >= 0.6 is 11.6 Å². The normalized spacial score (nSPS) is 21.6. The first-order valence-corrected chi connectivity index (χ1v) is 7.44. The molecule has 0 aliphatic heterocycles. The molecule has 114 valence electrons. The van der Waals surface area contributed by atoms with Gasteiger partial charge in [0.25, 0.3) is 0 Å². The van der Waals surface area contributed by atoms with Crippen LogP contribution in [-0.4, -0.2) is 23.1 Å². The van der Waals surface area contributed by atoms with Gasteiger partial charge in [0, 0.05) is 17.6 Å². The van der Waals surface area contributed by atoms with Crippen molar-refractivity contribution in [1.82, 2.24) is 10.6 Å². The van der Waals surface area contributed by atoms with Crippen molar-refractivity contribution in [2.45, 2.75) is 38.3 Å². The zero-order valence-corrected chi connectivity index (χ0v) is 12.4. The number of hydrogen-bond donors (Lipinski definition) is 3. The summed E-state index contributed by atoms with van der Waals surface area (Å²) in [7, 11) is 0. The van der Waals surface area contributed by atoms with Gasteiger partial charge in [0.05, 0.1) is 5.92 Å². The van der Waals surface area contributed by atoms with E-state index in [-0.39, 0.29) is 18.0 Å². The Balaban J connectivity index is 1.70. The fourth-order valence-electron chi connectivity index (χ4n) is 2.51. The maximum Gasteiger partial charge on any atom is 0.315 e. The van der Waals surface area contributed by atoms with E-state index >= 15 is 0 Å². The summed E-state index contributed by atoms with van der Waals surface area (Å²) in [6, 6.07) is 7.13. The number of carbonyl (C=O) groups is 2. The van der Waals surface area contributed by atoms with Gasteiger partial charge in [-0.1, -0.05) is 23.7 Å². The molecule has 2 amide bonds. The van der Waals surface area contributed by atoms with Crippen LogP contribution in [0.2, 0.25) is 5.02 Å². The van der Waals surface area contributed by atoms with Crippen molar-refractivity contribution in [3.05, 3.63) is 34.9 Å². The summed E-state index contributed by atoms with van der Waals surface area (Å²) >= 11 is 5.80. The first-order valence-electron chi connectivity index (χ1n) is 7.06. The molecule has 3 N–H and O–H groups in total. The molecule has 1 aromatic rings. The van der Waals surface area contributed by atoms with Gasteiger partial charge >= 0.3 is 12.0 Å². The molecule has 6 heteroatoms. The Kier molecular flexibility index (Phi) is 5.44. The molecule has 1 aliphatic rings. The van der Waals surface area contributed by atoms with Crippen LogP contribution in [0, 0.1) is 5.92 Å². The summed E-state index contributed by atoms with van der Waals surface area (Å²) in [4.78, 5) is 22.7. The SMILES string of the molecule is O=C(NCc1ccc(Cl)cc1)N[C@H]1CC[C@H](C(=O)O)CC1. The lowest BCUT2D eigenvalue weighted by molar-refractivity contribution is -0.142. The number of aliphatic carboxylic acids is 1. The predicted molar refractivity (Wildman–Crippen MR) is 80.2 cm³/mol. The minimum Gasteiger partial charge on any atom is -0.481 e. The summed E-state index contributed by atoms with van der Waals surface area (Å²) in [5.74, 6) is -0.999. The number of nitrogens with one attached hydrogen (secondary N) is 2. The molecule has 21 heavy (non-hydrogen) atoms. The fraction of sp³-hybridized carbons (Fsp3) is 0.467. The summed E-state index contributed by atoms with van der Waals surface area (Å²) in [6.07, 6.45) is 2.67. The Bertz CT molecular complexity index is 496. The van der Waals surface area contributed by atoms with Gasteiger partial charge in [0.2, 0.25) is 0 Å². The highest BCUT2D eigenvalue weighted by molar-refractivity contribution is 6.30. The largest absolute Gasteiger partial charge is 0.481 e. The van der Waals surface area contributed by atoms with Crippen LogP contribution in [0.4, 0.5) is 4.79 Å². The van der Waals surface area contributed by atoms with E-state index in [9.17, 15) is 9.59 Å². The lowest BCUT2D eigenvalue weighted by Gasteiger charge is -2.26. The number of carboxylic acids is 1. The van der Waals surface area contributed by atoms with Crippen molar-refractivity contribution < 1.29 is 14.7 Å². The highest BCUT2D eigenvalue weighted by Gasteiger charge is 2.26. The molecule has 0 bridgehead atoms. The smallest absolute Gasteiger partial charge is 0.315 e. The van der Waals surface area contributed by atoms with E-state index in [0.717, 1.165) is 5.56 Å². The Labute approximate surface area is 128 Å². The summed E-state index contributed by atoms with van der Waals surface area (Å²) < 4.78 is 0. The van der Waals surface area contributed by atoms with Gasteiger partial charge in [0.15, 0.2) is 0 Å². The van der Waals surface area contributed by atoms with Crippen LogP contribution < -0.4 is 10.6 Å². The fourth-order valence-corrected chi connectivity index (χ4v) is 2.63. The number of urea groups is 1. The summed E-state index contributed by atoms with van der Waals surface area (Å²) in [5, 5.41) is 15.3. The van der Waals surface area contributed by atoms with Gasteiger partial charge in [-0.05, 0) is 43.4 Å². The lowest BCUT2D eigenvalue weighted by atomic mass is 9.86. The van der Waals surface area contributed by atoms with Crippen LogP contribution in [0.15, 0.2) is 24.3 Å². The second-order valence-electron chi connectivity index (χ2n) is 5.34. The van der Waals surface area contributed by atoms with Crippen molar-refractivity contribution in [2.75, 3.05) is 0 Å². The van der Waals surface area contributed by atoms with E-state index in [1.54, 1.807) is 12.1 Å². The molecule has 1 fully saturated rings. The minimum atomic E-state index is -0.736. The van der Waals surface area contributed by atoms with Crippen molar-refractivity contribution in [3.8, 4) is 0 Å². The predicted octanol–water partition coefficient (Wildman–Crippen LogP) is 2.78. The van der Waals surface area contributed by atoms with E-state index in [0.29, 0.717) is 37.3 Å². The Hall–Kier alpha value is -1.75. The minimum absolute atomic E-state index is 0.0609. The molecule has 2 rings (SSSR count). The maximum atomic E-state index is 11.8. The molecule has 0 atom stereocenters. The second-order valence-corrected chi connectivity index (χ2v) is 5.78. The average molecular weight is 311 g/mol. The Morgan fingerprint density at radius 3 is 2.33 bits per heavy atom. The monoisotopic (exact) mass is 310 g/mol. The molecule has 0 radical (unpaired) electrons. The number of halogens is 1. The Morgan fingerprint density at radius 2 is 1.76 bits per heavy atom.